The van der Waals surface area contributed by atoms with Crippen molar-refractivity contribution in [1.29, 1.82) is 0 Å². The molecule has 3 atom stereocenters. The van der Waals surface area contributed by atoms with Crippen molar-refractivity contribution in [2.24, 2.45) is 5.92 Å². The maximum Gasteiger partial charge on any atom is 0.129 e. The Labute approximate surface area is 119 Å². The quantitative estimate of drug-likeness (QED) is 0.886. The van der Waals surface area contributed by atoms with Gasteiger partial charge in [-0.25, -0.2) is 8.78 Å². The number of aryl methyl sites for hydroxylation is 1. The number of halogens is 2. The smallest absolute Gasteiger partial charge is 0.129 e. The summed E-state index contributed by atoms with van der Waals surface area (Å²) in [6, 6.07) is 2.44. The van der Waals surface area contributed by atoms with Gasteiger partial charge in [-0.2, -0.15) is 0 Å². The predicted octanol–water partition coefficient (Wildman–Crippen LogP) is 3.47. The van der Waals surface area contributed by atoms with Crippen molar-refractivity contribution in [1.82, 2.24) is 5.32 Å². The first-order valence-corrected chi connectivity index (χ1v) is 7.38. The Morgan fingerprint density at radius 3 is 2.80 bits per heavy atom. The SMILES string of the molecule is CCC1CCNC(CC(O)c2cc(F)c(C)cc2F)C1. The van der Waals surface area contributed by atoms with Gasteiger partial charge in [0, 0.05) is 11.6 Å². The highest BCUT2D eigenvalue weighted by atomic mass is 19.1. The molecule has 112 valence electrons. The van der Waals surface area contributed by atoms with Crippen LogP contribution in [0.4, 0.5) is 8.78 Å². The molecule has 1 saturated heterocycles. The zero-order chi connectivity index (χ0) is 14.7. The van der Waals surface area contributed by atoms with Crippen LogP contribution in [0.3, 0.4) is 0 Å². The summed E-state index contributed by atoms with van der Waals surface area (Å²) < 4.78 is 27.4. The Morgan fingerprint density at radius 2 is 2.10 bits per heavy atom. The summed E-state index contributed by atoms with van der Waals surface area (Å²) in [4.78, 5) is 0. The van der Waals surface area contributed by atoms with Crippen molar-refractivity contribution < 1.29 is 13.9 Å². The van der Waals surface area contributed by atoms with E-state index in [4.69, 9.17) is 0 Å². The number of aliphatic hydroxyl groups excluding tert-OH is 1. The fourth-order valence-electron chi connectivity index (χ4n) is 2.96. The second-order valence-electron chi connectivity index (χ2n) is 5.82. The Bertz CT molecular complexity index is 464. The molecule has 0 aliphatic carbocycles. The minimum absolute atomic E-state index is 0.0634. The standard InChI is InChI=1S/C16H23F2NO/c1-3-11-4-5-19-12(7-11)8-16(20)13-9-14(17)10(2)6-15(13)18/h6,9,11-12,16,19-20H,3-5,7-8H2,1-2H3. The third-order valence-corrected chi connectivity index (χ3v) is 4.33. The number of benzene rings is 1. The lowest BCUT2D eigenvalue weighted by atomic mass is 9.87. The molecular weight excluding hydrogens is 260 g/mol. The first-order valence-electron chi connectivity index (χ1n) is 7.38. The van der Waals surface area contributed by atoms with Crippen molar-refractivity contribution in [2.45, 2.75) is 51.7 Å². The van der Waals surface area contributed by atoms with Crippen LogP contribution in [0.1, 0.15) is 49.8 Å². The molecule has 1 aromatic carbocycles. The summed E-state index contributed by atoms with van der Waals surface area (Å²) in [6.45, 7) is 4.61. The van der Waals surface area contributed by atoms with E-state index in [-0.39, 0.29) is 17.2 Å². The molecule has 1 fully saturated rings. The number of hydrogen-bond acceptors (Lipinski definition) is 2. The van der Waals surface area contributed by atoms with Crippen LogP contribution < -0.4 is 5.32 Å². The van der Waals surface area contributed by atoms with Crippen molar-refractivity contribution in [3.05, 3.63) is 34.9 Å². The molecule has 1 aliphatic heterocycles. The third-order valence-electron chi connectivity index (χ3n) is 4.33. The molecule has 3 unspecified atom stereocenters. The van der Waals surface area contributed by atoms with Gasteiger partial charge in [-0.15, -0.1) is 0 Å². The lowest BCUT2D eigenvalue weighted by Crippen LogP contribution is -2.39. The lowest BCUT2D eigenvalue weighted by molar-refractivity contribution is 0.132. The van der Waals surface area contributed by atoms with E-state index < -0.39 is 17.7 Å². The van der Waals surface area contributed by atoms with Crippen LogP contribution in [-0.2, 0) is 0 Å². The average Bonchev–Trinajstić information content (AvgIpc) is 2.43. The predicted molar refractivity (Wildman–Crippen MR) is 75.5 cm³/mol. The molecule has 2 N–H and O–H groups in total. The van der Waals surface area contributed by atoms with E-state index in [9.17, 15) is 13.9 Å². The van der Waals surface area contributed by atoms with Crippen molar-refractivity contribution in [3.63, 3.8) is 0 Å². The molecule has 2 nitrogen and oxygen atoms in total. The highest BCUT2D eigenvalue weighted by Gasteiger charge is 2.24. The number of aliphatic hydroxyl groups is 1. The van der Waals surface area contributed by atoms with E-state index in [1.807, 2.05) is 0 Å². The highest BCUT2D eigenvalue weighted by Crippen LogP contribution is 2.28. The van der Waals surface area contributed by atoms with E-state index in [0.717, 1.165) is 37.9 Å². The molecule has 0 aromatic heterocycles. The van der Waals surface area contributed by atoms with Crippen LogP contribution in [0, 0.1) is 24.5 Å². The number of hydrogen-bond donors (Lipinski definition) is 2. The maximum absolute atomic E-state index is 13.8. The number of piperidine rings is 1. The summed E-state index contributed by atoms with van der Waals surface area (Å²) >= 11 is 0. The van der Waals surface area contributed by atoms with Gasteiger partial charge in [0.15, 0.2) is 0 Å². The van der Waals surface area contributed by atoms with Gasteiger partial charge in [0.05, 0.1) is 6.10 Å². The second-order valence-corrected chi connectivity index (χ2v) is 5.82. The topological polar surface area (TPSA) is 32.3 Å². The lowest BCUT2D eigenvalue weighted by Gasteiger charge is -2.31. The largest absolute Gasteiger partial charge is 0.388 e. The molecule has 4 heteroatoms. The van der Waals surface area contributed by atoms with Gasteiger partial charge in [-0.3, -0.25) is 0 Å². The van der Waals surface area contributed by atoms with Gasteiger partial charge < -0.3 is 10.4 Å². The summed E-state index contributed by atoms with van der Waals surface area (Å²) in [5.41, 5.74) is 0.328. The zero-order valence-electron chi connectivity index (χ0n) is 12.1. The molecule has 0 saturated carbocycles. The first-order chi connectivity index (χ1) is 9.51. The summed E-state index contributed by atoms with van der Waals surface area (Å²) in [5, 5.41) is 13.5. The van der Waals surface area contributed by atoms with E-state index in [0.29, 0.717) is 12.3 Å². The molecule has 1 aliphatic rings. The van der Waals surface area contributed by atoms with Crippen LogP contribution >= 0.6 is 0 Å². The molecule has 0 amide bonds. The van der Waals surface area contributed by atoms with Crippen molar-refractivity contribution in [2.75, 3.05) is 6.54 Å². The first kappa shape index (κ1) is 15.4. The van der Waals surface area contributed by atoms with Gasteiger partial charge in [0.2, 0.25) is 0 Å². The maximum atomic E-state index is 13.8. The highest BCUT2D eigenvalue weighted by molar-refractivity contribution is 5.27. The molecule has 20 heavy (non-hydrogen) atoms. The van der Waals surface area contributed by atoms with E-state index in [2.05, 4.69) is 12.2 Å². The van der Waals surface area contributed by atoms with Crippen LogP contribution in [0.15, 0.2) is 12.1 Å². The molecule has 2 rings (SSSR count). The average molecular weight is 283 g/mol. The molecular formula is C16H23F2NO. The van der Waals surface area contributed by atoms with Crippen LogP contribution in [0.5, 0.6) is 0 Å². The van der Waals surface area contributed by atoms with Gasteiger partial charge in [0.1, 0.15) is 11.6 Å². The van der Waals surface area contributed by atoms with Gasteiger partial charge in [-0.05, 0) is 56.3 Å². The Hall–Kier alpha value is -1.00. The minimum atomic E-state index is -0.960. The van der Waals surface area contributed by atoms with Crippen LogP contribution in [-0.4, -0.2) is 17.7 Å². The summed E-state index contributed by atoms with van der Waals surface area (Å²) in [5.74, 6) is -0.337. The minimum Gasteiger partial charge on any atom is -0.388 e. The monoisotopic (exact) mass is 283 g/mol. The van der Waals surface area contributed by atoms with Gasteiger partial charge >= 0.3 is 0 Å². The van der Waals surface area contributed by atoms with E-state index in [1.54, 1.807) is 0 Å². The fourth-order valence-corrected chi connectivity index (χ4v) is 2.96. The molecule has 0 spiro atoms. The molecule has 0 bridgehead atoms. The Kier molecular flexibility index (Phi) is 5.11. The zero-order valence-corrected chi connectivity index (χ0v) is 12.1. The van der Waals surface area contributed by atoms with Crippen molar-refractivity contribution in [3.8, 4) is 0 Å². The van der Waals surface area contributed by atoms with Gasteiger partial charge in [0.25, 0.3) is 0 Å². The van der Waals surface area contributed by atoms with Crippen LogP contribution in [0.2, 0.25) is 0 Å². The number of nitrogens with one attached hydrogen (secondary N) is 1. The molecule has 1 heterocycles. The van der Waals surface area contributed by atoms with Gasteiger partial charge in [-0.1, -0.05) is 13.3 Å². The number of rotatable bonds is 4. The molecule has 0 radical (unpaired) electrons. The normalized spacial score (nSPS) is 24.6. The van der Waals surface area contributed by atoms with Crippen molar-refractivity contribution >= 4 is 0 Å². The van der Waals surface area contributed by atoms with E-state index in [1.165, 1.54) is 6.92 Å². The Balaban J connectivity index is 2.04. The van der Waals surface area contributed by atoms with E-state index >= 15 is 0 Å². The fraction of sp³-hybridized carbons (Fsp3) is 0.625. The Morgan fingerprint density at radius 1 is 1.35 bits per heavy atom. The summed E-state index contributed by atoms with van der Waals surface area (Å²) in [6.07, 6.45) is 2.73. The molecule has 1 aromatic rings. The van der Waals surface area contributed by atoms with Crippen LogP contribution in [0.25, 0.3) is 0 Å². The third kappa shape index (κ3) is 3.55. The second kappa shape index (κ2) is 6.64. The summed E-state index contributed by atoms with van der Waals surface area (Å²) in [7, 11) is 0.